The number of ether oxygens (including phenoxy) is 2. The molecule has 1 unspecified atom stereocenters. The van der Waals surface area contributed by atoms with Gasteiger partial charge in [0.2, 0.25) is 5.90 Å². The summed E-state index contributed by atoms with van der Waals surface area (Å²) >= 11 is 0. The van der Waals surface area contributed by atoms with E-state index in [9.17, 15) is 9.59 Å². The van der Waals surface area contributed by atoms with E-state index in [4.69, 9.17) is 9.47 Å². The van der Waals surface area contributed by atoms with Gasteiger partial charge >= 0.3 is 5.97 Å². The fourth-order valence-electron chi connectivity index (χ4n) is 2.73. The van der Waals surface area contributed by atoms with Crippen molar-refractivity contribution in [3.05, 3.63) is 77.4 Å². The smallest absolute Gasteiger partial charge is 0.333 e. The Bertz CT molecular complexity index is 871. The first-order valence-electron chi connectivity index (χ1n) is 8.23. The van der Waals surface area contributed by atoms with Crippen molar-refractivity contribution >= 4 is 23.9 Å². The molecule has 0 bridgehead atoms. The van der Waals surface area contributed by atoms with Crippen molar-refractivity contribution < 1.29 is 19.1 Å². The largest absolute Gasteiger partial charge is 0.466 e. The van der Waals surface area contributed by atoms with Gasteiger partial charge in [-0.05, 0) is 30.7 Å². The van der Waals surface area contributed by atoms with E-state index in [1.807, 2.05) is 60.7 Å². The van der Waals surface area contributed by atoms with Gasteiger partial charge in [0.1, 0.15) is 0 Å². The molecule has 1 aliphatic rings. The van der Waals surface area contributed by atoms with Gasteiger partial charge in [0.05, 0.1) is 7.11 Å². The number of aliphatic imine (C=N–C) groups is 1. The monoisotopic (exact) mass is 349 g/mol. The Labute approximate surface area is 152 Å². The first-order valence-corrected chi connectivity index (χ1v) is 8.23. The first-order chi connectivity index (χ1) is 12.5. The highest BCUT2D eigenvalue weighted by Gasteiger charge is 2.44. The topological polar surface area (TPSA) is 65.0 Å². The van der Waals surface area contributed by atoms with E-state index in [-0.39, 0.29) is 12.3 Å². The quantitative estimate of drug-likeness (QED) is 0.613. The Kier molecular flexibility index (Phi) is 4.98. The second-order valence-electron chi connectivity index (χ2n) is 6.17. The van der Waals surface area contributed by atoms with Gasteiger partial charge in [-0.25, -0.2) is 4.79 Å². The van der Waals surface area contributed by atoms with Gasteiger partial charge in [-0.15, -0.1) is 0 Å². The zero-order chi connectivity index (χ0) is 18.6. The van der Waals surface area contributed by atoms with Crippen LogP contribution in [0, 0.1) is 0 Å². The molecule has 0 radical (unpaired) electrons. The van der Waals surface area contributed by atoms with Crippen LogP contribution in [-0.4, -0.2) is 30.5 Å². The van der Waals surface area contributed by atoms with E-state index < -0.39 is 17.5 Å². The summed E-state index contributed by atoms with van der Waals surface area (Å²) in [6.45, 7) is 1.64. The minimum Gasteiger partial charge on any atom is -0.466 e. The number of amides is 1. The SMILES string of the molecule is COC(=O)/C(=C\c1ccccc1)CC1(C)OC(c2ccccc2)=NC1=O. The van der Waals surface area contributed by atoms with Crippen LogP contribution in [0.1, 0.15) is 24.5 Å². The summed E-state index contributed by atoms with van der Waals surface area (Å²) in [6.07, 6.45) is 1.77. The number of rotatable bonds is 5. The fourth-order valence-corrected chi connectivity index (χ4v) is 2.73. The Morgan fingerprint density at radius 2 is 1.73 bits per heavy atom. The molecule has 0 N–H and O–H groups in total. The van der Waals surface area contributed by atoms with Gasteiger partial charge in [-0.3, -0.25) is 4.79 Å². The van der Waals surface area contributed by atoms with Crippen LogP contribution < -0.4 is 0 Å². The van der Waals surface area contributed by atoms with E-state index in [1.165, 1.54) is 7.11 Å². The van der Waals surface area contributed by atoms with Gasteiger partial charge in [0, 0.05) is 17.6 Å². The molecule has 0 spiro atoms. The van der Waals surface area contributed by atoms with Crippen molar-refractivity contribution in [2.45, 2.75) is 18.9 Å². The number of methoxy groups -OCH3 is 1. The molecule has 0 aromatic heterocycles. The summed E-state index contributed by atoms with van der Waals surface area (Å²) in [4.78, 5) is 28.7. The van der Waals surface area contributed by atoms with Crippen molar-refractivity contribution in [2.24, 2.45) is 4.99 Å². The highest BCUT2D eigenvalue weighted by atomic mass is 16.5. The lowest BCUT2D eigenvalue weighted by Crippen LogP contribution is -2.35. The molecule has 1 aliphatic heterocycles. The predicted octanol–water partition coefficient (Wildman–Crippen LogP) is 3.40. The van der Waals surface area contributed by atoms with Gasteiger partial charge < -0.3 is 9.47 Å². The maximum Gasteiger partial charge on any atom is 0.333 e. The van der Waals surface area contributed by atoms with Crippen LogP contribution in [0.15, 0.2) is 71.2 Å². The molecule has 2 aromatic carbocycles. The molecule has 0 fully saturated rings. The molecule has 0 saturated carbocycles. The van der Waals surface area contributed by atoms with Crippen LogP contribution in [-0.2, 0) is 19.1 Å². The van der Waals surface area contributed by atoms with Crippen molar-refractivity contribution in [2.75, 3.05) is 7.11 Å². The average molecular weight is 349 g/mol. The number of benzene rings is 2. The third-order valence-electron chi connectivity index (χ3n) is 4.11. The van der Waals surface area contributed by atoms with Crippen molar-refractivity contribution in [3.63, 3.8) is 0 Å². The highest BCUT2D eigenvalue weighted by Crippen LogP contribution is 2.30. The lowest BCUT2D eigenvalue weighted by Gasteiger charge is -2.22. The van der Waals surface area contributed by atoms with Gasteiger partial charge in [0.25, 0.3) is 5.91 Å². The summed E-state index contributed by atoms with van der Waals surface area (Å²) in [5, 5.41) is 0. The van der Waals surface area contributed by atoms with Gasteiger partial charge in [0.15, 0.2) is 5.60 Å². The molecule has 0 saturated heterocycles. The van der Waals surface area contributed by atoms with Crippen LogP contribution >= 0.6 is 0 Å². The van der Waals surface area contributed by atoms with Gasteiger partial charge in [-0.2, -0.15) is 4.99 Å². The van der Waals surface area contributed by atoms with E-state index >= 15 is 0 Å². The molecule has 132 valence electrons. The van der Waals surface area contributed by atoms with Crippen molar-refractivity contribution in [1.29, 1.82) is 0 Å². The minimum absolute atomic E-state index is 0.0627. The second-order valence-corrected chi connectivity index (χ2v) is 6.17. The molecule has 0 aliphatic carbocycles. The van der Waals surface area contributed by atoms with E-state index in [2.05, 4.69) is 4.99 Å². The van der Waals surface area contributed by atoms with E-state index in [0.29, 0.717) is 5.57 Å². The summed E-state index contributed by atoms with van der Waals surface area (Å²) in [7, 11) is 1.31. The lowest BCUT2D eigenvalue weighted by molar-refractivity contribution is -0.137. The summed E-state index contributed by atoms with van der Waals surface area (Å²) in [5.74, 6) is -0.652. The third-order valence-corrected chi connectivity index (χ3v) is 4.11. The van der Waals surface area contributed by atoms with E-state index in [1.54, 1.807) is 13.0 Å². The Morgan fingerprint density at radius 3 is 2.35 bits per heavy atom. The number of hydrogen-bond donors (Lipinski definition) is 0. The van der Waals surface area contributed by atoms with Crippen LogP contribution in [0.2, 0.25) is 0 Å². The summed E-state index contributed by atoms with van der Waals surface area (Å²) in [6, 6.07) is 18.6. The number of carbonyl (C=O) groups is 2. The maximum absolute atomic E-state index is 12.5. The zero-order valence-corrected chi connectivity index (χ0v) is 14.6. The highest BCUT2D eigenvalue weighted by molar-refractivity contribution is 6.09. The Hall–Kier alpha value is -3.21. The standard InChI is InChI=1S/C21H19NO4/c1-21(20(24)22-18(26-21)16-11-7-4-8-12-16)14-17(19(23)25-2)13-15-9-5-3-6-10-15/h3-13H,14H2,1-2H3/b17-13-. The van der Waals surface area contributed by atoms with Crippen LogP contribution in [0.5, 0.6) is 0 Å². The molecule has 5 nitrogen and oxygen atoms in total. The van der Waals surface area contributed by atoms with Crippen molar-refractivity contribution in [1.82, 2.24) is 0 Å². The predicted molar refractivity (Wildman–Crippen MR) is 98.5 cm³/mol. The molecule has 1 heterocycles. The summed E-state index contributed by atoms with van der Waals surface area (Å²) < 4.78 is 10.7. The molecule has 26 heavy (non-hydrogen) atoms. The number of esters is 1. The van der Waals surface area contributed by atoms with E-state index in [0.717, 1.165) is 11.1 Å². The van der Waals surface area contributed by atoms with Crippen molar-refractivity contribution in [3.8, 4) is 0 Å². The molecule has 1 atom stereocenters. The molecule has 1 amide bonds. The third kappa shape index (κ3) is 3.72. The molecule has 5 heteroatoms. The van der Waals surface area contributed by atoms with Gasteiger partial charge in [-0.1, -0.05) is 48.5 Å². The Balaban J connectivity index is 1.86. The molecular formula is C21H19NO4. The van der Waals surface area contributed by atoms with Crippen LogP contribution in [0.3, 0.4) is 0 Å². The van der Waals surface area contributed by atoms with Crippen LogP contribution in [0.4, 0.5) is 0 Å². The maximum atomic E-state index is 12.5. The normalized spacial score (nSPS) is 19.7. The number of nitrogens with zero attached hydrogens (tertiary/aromatic N) is 1. The minimum atomic E-state index is -1.25. The molecular weight excluding hydrogens is 330 g/mol. The number of carbonyl (C=O) groups excluding carboxylic acids is 2. The zero-order valence-electron chi connectivity index (χ0n) is 14.6. The molecule has 3 rings (SSSR count). The first kappa shape index (κ1) is 17.6. The lowest BCUT2D eigenvalue weighted by atomic mass is 9.94. The molecule has 2 aromatic rings. The van der Waals surface area contributed by atoms with Crippen LogP contribution in [0.25, 0.3) is 6.08 Å². The Morgan fingerprint density at radius 1 is 1.12 bits per heavy atom. The second kappa shape index (κ2) is 7.35. The summed E-state index contributed by atoms with van der Waals surface area (Å²) in [5.41, 5.74) is 0.654. The number of hydrogen-bond acceptors (Lipinski definition) is 4. The average Bonchev–Trinajstić information content (AvgIpc) is 2.97. The fraction of sp³-hybridized carbons (Fsp3) is 0.190.